The largest absolute Gasteiger partial charge is 0.550 e. The zero-order chi connectivity index (χ0) is 13.0. The number of carbonyl (C=O) groups is 2. The third-order valence-corrected chi connectivity index (χ3v) is 5.14. The van der Waals surface area contributed by atoms with Crippen molar-refractivity contribution in [1.82, 2.24) is 5.32 Å². The van der Waals surface area contributed by atoms with Crippen LogP contribution in [0, 0.1) is 17.3 Å². The van der Waals surface area contributed by atoms with Gasteiger partial charge in [0.2, 0.25) is 5.91 Å². The molecular formula is C14H20NO3-. The molecule has 4 fully saturated rings. The van der Waals surface area contributed by atoms with Crippen LogP contribution < -0.4 is 10.4 Å². The Morgan fingerprint density at radius 3 is 2.33 bits per heavy atom. The van der Waals surface area contributed by atoms with Gasteiger partial charge in [0.05, 0.1) is 0 Å². The smallest absolute Gasteiger partial charge is 0.217 e. The van der Waals surface area contributed by atoms with E-state index in [2.05, 4.69) is 5.32 Å². The van der Waals surface area contributed by atoms with Crippen molar-refractivity contribution < 1.29 is 14.7 Å². The van der Waals surface area contributed by atoms with Crippen LogP contribution in [-0.2, 0) is 9.59 Å². The van der Waals surface area contributed by atoms with Crippen LogP contribution in [0.4, 0.5) is 0 Å². The van der Waals surface area contributed by atoms with Crippen LogP contribution in [0.1, 0.15) is 51.9 Å². The second kappa shape index (κ2) is 3.72. The van der Waals surface area contributed by atoms with E-state index in [-0.39, 0.29) is 23.3 Å². The highest BCUT2D eigenvalue weighted by Gasteiger charge is 2.57. The van der Waals surface area contributed by atoms with Gasteiger partial charge < -0.3 is 15.2 Å². The van der Waals surface area contributed by atoms with Gasteiger partial charge >= 0.3 is 0 Å². The number of nitrogens with one attached hydrogen (secondary N) is 1. The minimum absolute atomic E-state index is 0.0144. The van der Waals surface area contributed by atoms with E-state index in [1.165, 1.54) is 6.42 Å². The van der Waals surface area contributed by atoms with Gasteiger partial charge in [0.25, 0.3) is 0 Å². The van der Waals surface area contributed by atoms with Crippen LogP contribution in [0.5, 0.6) is 0 Å². The second-order valence-electron chi connectivity index (χ2n) is 6.97. The number of hydrogen-bond donors (Lipinski definition) is 1. The third kappa shape index (κ3) is 1.91. The molecule has 0 aromatic rings. The van der Waals surface area contributed by atoms with Crippen molar-refractivity contribution in [3.05, 3.63) is 0 Å². The fourth-order valence-electron chi connectivity index (χ4n) is 5.48. The van der Waals surface area contributed by atoms with Gasteiger partial charge in [-0.05, 0) is 62.2 Å². The van der Waals surface area contributed by atoms with E-state index >= 15 is 0 Å². The standard InChI is InChI=1S/C14H21NO3/c1-9(16)15-14-5-10-2-11(6-14)4-13(3-10,8-14)7-12(17)18/h10-11H,2-8H2,1H3,(H,15,16)(H,17,18)/p-1/t10-,11-,13?,14?/m1/s1. The minimum Gasteiger partial charge on any atom is -0.550 e. The first-order valence-electron chi connectivity index (χ1n) is 6.89. The van der Waals surface area contributed by atoms with Gasteiger partial charge in [0.1, 0.15) is 0 Å². The highest BCUT2D eigenvalue weighted by atomic mass is 16.4. The van der Waals surface area contributed by atoms with Crippen LogP contribution in [0.3, 0.4) is 0 Å². The first kappa shape index (κ1) is 12.0. The molecule has 100 valence electrons. The average molecular weight is 250 g/mol. The molecule has 4 aliphatic rings. The second-order valence-corrected chi connectivity index (χ2v) is 6.97. The van der Waals surface area contributed by atoms with E-state index in [4.69, 9.17) is 0 Å². The summed E-state index contributed by atoms with van der Waals surface area (Å²) >= 11 is 0. The molecule has 4 nitrogen and oxygen atoms in total. The molecule has 18 heavy (non-hydrogen) atoms. The summed E-state index contributed by atoms with van der Waals surface area (Å²) in [5, 5.41) is 14.1. The predicted molar refractivity (Wildman–Crippen MR) is 63.3 cm³/mol. The number of aliphatic carboxylic acids is 1. The van der Waals surface area contributed by atoms with E-state index in [1.807, 2.05) is 0 Å². The molecule has 0 spiro atoms. The molecule has 0 heterocycles. The average Bonchev–Trinajstić information content (AvgIpc) is 2.08. The summed E-state index contributed by atoms with van der Waals surface area (Å²) in [6, 6.07) is 0. The lowest BCUT2D eigenvalue weighted by molar-refractivity contribution is -0.310. The third-order valence-electron chi connectivity index (χ3n) is 5.14. The lowest BCUT2D eigenvalue weighted by Crippen LogP contribution is -2.63. The summed E-state index contributed by atoms with van der Waals surface area (Å²) < 4.78 is 0. The molecular weight excluding hydrogens is 230 g/mol. The number of carboxylic acids is 1. The molecule has 0 aliphatic heterocycles. The van der Waals surface area contributed by atoms with Crippen LogP contribution in [0.25, 0.3) is 0 Å². The van der Waals surface area contributed by atoms with E-state index in [9.17, 15) is 14.7 Å². The maximum absolute atomic E-state index is 11.4. The molecule has 0 unspecified atom stereocenters. The number of rotatable bonds is 3. The Morgan fingerprint density at radius 1 is 1.22 bits per heavy atom. The molecule has 4 bridgehead atoms. The van der Waals surface area contributed by atoms with Crippen molar-refractivity contribution in [2.75, 3.05) is 0 Å². The highest BCUT2D eigenvalue weighted by Crippen LogP contribution is 2.62. The first-order chi connectivity index (χ1) is 8.40. The van der Waals surface area contributed by atoms with Crippen LogP contribution in [0.2, 0.25) is 0 Å². The van der Waals surface area contributed by atoms with Crippen LogP contribution in [-0.4, -0.2) is 17.4 Å². The lowest BCUT2D eigenvalue weighted by atomic mass is 9.46. The van der Waals surface area contributed by atoms with Crippen molar-refractivity contribution in [2.24, 2.45) is 17.3 Å². The zero-order valence-electron chi connectivity index (χ0n) is 10.8. The normalized spacial score (nSPS) is 44.9. The van der Waals surface area contributed by atoms with E-state index in [0.29, 0.717) is 11.8 Å². The predicted octanol–water partition coefficient (Wildman–Crippen LogP) is 0.601. The number of hydrogen-bond acceptors (Lipinski definition) is 3. The van der Waals surface area contributed by atoms with Gasteiger partial charge in [-0.25, -0.2) is 0 Å². The SMILES string of the molecule is CC(=O)NC12C[C@@H]3C[C@H](CC(CC(=O)[O-])(C3)C1)C2. The Kier molecular flexibility index (Phi) is 2.48. The summed E-state index contributed by atoms with van der Waals surface area (Å²) in [6.07, 6.45) is 6.32. The quantitative estimate of drug-likeness (QED) is 0.797. The van der Waals surface area contributed by atoms with Crippen LogP contribution >= 0.6 is 0 Å². The van der Waals surface area contributed by atoms with Crippen molar-refractivity contribution in [3.8, 4) is 0 Å². The van der Waals surface area contributed by atoms with Crippen molar-refractivity contribution in [1.29, 1.82) is 0 Å². The molecule has 0 aromatic carbocycles. The Labute approximate surface area is 107 Å². The summed E-state index contributed by atoms with van der Waals surface area (Å²) in [7, 11) is 0. The molecule has 2 atom stereocenters. The van der Waals surface area contributed by atoms with Crippen LogP contribution in [0.15, 0.2) is 0 Å². The first-order valence-corrected chi connectivity index (χ1v) is 6.89. The van der Waals surface area contributed by atoms with E-state index in [1.54, 1.807) is 6.92 Å². The zero-order valence-corrected chi connectivity index (χ0v) is 10.8. The van der Waals surface area contributed by atoms with E-state index < -0.39 is 5.97 Å². The molecule has 4 heteroatoms. The van der Waals surface area contributed by atoms with Gasteiger partial charge in [0.15, 0.2) is 0 Å². The fourth-order valence-corrected chi connectivity index (χ4v) is 5.48. The monoisotopic (exact) mass is 250 g/mol. The maximum atomic E-state index is 11.4. The van der Waals surface area contributed by atoms with Gasteiger partial charge in [-0.3, -0.25) is 4.79 Å². The van der Waals surface area contributed by atoms with Gasteiger partial charge in [0, 0.05) is 18.4 Å². The topological polar surface area (TPSA) is 69.2 Å². The fraction of sp³-hybridized carbons (Fsp3) is 0.857. The van der Waals surface area contributed by atoms with Gasteiger partial charge in [-0.15, -0.1) is 0 Å². The molecule has 0 radical (unpaired) electrons. The molecule has 0 aromatic heterocycles. The molecule has 1 amide bonds. The maximum Gasteiger partial charge on any atom is 0.217 e. The Morgan fingerprint density at radius 2 is 1.83 bits per heavy atom. The lowest BCUT2D eigenvalue weighted by Gasteiger charge is -2.62. The molecule has 1 N–H and O–H groups in total. The highest BCUT2D eigenvalue weighted by molar-refractivity contribution is 5.74. The summed E-state index contributed by atoms with van der Waals surface area (Å²) in [6.45, 7) is 1.56. The molecule has 4 saturated carbocycles. The Balaban J connectivity index is 1.87. The van der Waals surface area contributed by atoms with Crippen molar-refractivity contribution in [3.63, 3.8) is 0 Å². The van der Waals surface area contributed by atoms with Gasteiger partial charge in [-0.2, -0.15) is 0 Å². The summed E-state index contributed by atoms with van der Waals surface area (Å²) in [5.41, 5.74) is -0.225. The number of carboxylic acid groups (broad SMARTS) is 1. The van der Waals surface area contributed by atoms with Crippen molar-refractivity contribution in [2.45, 2.75) is 57.4 Å². The van der Waals surface area contributed by atoms with Gasteiger partial charge in [-0.1, -0.05) is 0 Å². The summed E-state index contributed by atoms with van der Waals surface area (Å²) in [4.78, 5) is 22.4. The minimum atomic E-state index is -0.935. The van der Waals surface area contributed by atoms with E-state index in [0.717, 1.165) is 32.1 Å². The Bertz CT molecular complexity index is 356. The summed E-state index contributed by atoms with van der Waals surface area (Å²) in [5.74, 6) is 0.269. The van der Waals surface area contributed by atoms with Crippen molar-refractivity contribution >= 4 is 11.9 Å². The number of amides is 1. The Hall–Kier alpha value is -1.06. The molecule has 4 rings (SSSR count). The molecule has 0 saturated heterocycles. The number of carbonyl (C=O) groups excluding carboxylic acids is 2. The molecule has 4 aliphatic carbocycles.